The van der Waals surface area contributed by atoms with Crippen LogP contribution in [0.15, 0.2) is 0 Å². The molecule has 0 unspecified atom stereocenters. The SMILES string of the molecule is CS(=O)(=O)O[C@H]1[C@@H](O)[C@@H](O)CO[C@@H]1O. The summed E-state index contributed by atoms with van der Waals surface area (Å²) in [5.74, 6) is 0. The van der Waals surface area contributed by atoms with Gasteiger partial charge in [-0.05, 0) is 0 Å². The summed E-state index contributed by atoms with van der Waals surface area (Å²) in [6.45, 7) is -0.272. The van der Waals surface area contributed by atoms with Crippen LogP contribution in [0, 0.1) is 0 Å². The van der Waals surface area contributed by atoms with Crippen LogP contribution in [0.5, 0.6) is 0 Å². The van der Waals surface area contributed by atoms with E-state index in [-0.39, 0.29) is 6.61 Å². The average Bonchev–Trinajstić information content (AvgIpc) is 2.04. The molecule has 1 aliphatic rings. The molecule has 0 saturated carbocycles. The third-order valence-electron chi connectivity index (χ3n) is 1.74. The molecule has 1 heterocycles. The van der Waals surface area contributed by atoms with Crippen molar-refractivity contribution in [2.75, 3.05) is 12.9 Å². The first kappa shape index (κ1) is 11.8. The zero-order valence-corrected chi connectivity index (χ0v) is 8.22. The van der Waals surface area contributed by atoms with Gasteiger partial charge < -0.3 is 20.1 Å². The molecular formula is C6H12O7S. The Balaban J connectivity index is 2.73. The van der Waals surface area contributed by atoms with Gasteiger partial charge in [0.2, 0.25) is 0 Å². The second kappa shape index (κ2) is 4.09. The molecule has 0 bridgehead atoms. The molecule has 4 atom stereocenters. The summed E-state index contributed by atoms with van der Waals surface area (Å²) in [5.41, 5.74) is 0. The average molecular weight is 228 g/mol. The molecule has 7 nitrogen and oxygen atoms in total. The summed E-state index contributed by atoms with van der Waals surface area (Å²) in [5, 5.41) is 27.5. The van der Waals surface area contributed by atoms with Crippen molar-refractivity contribution in [3.05, 3.63) is 0 Å². The molecule has 8 heteroatoms. The molecule has 0 spiro atoms. The molecule has 1 rings (SSSR count). The second-order valence-electron chi connectivity index (χ2n) is 3.05. The van der Waals surface area contributed by atoms with Gasteiger partial charge in [-0.25, -0.2) is 0 Å². The lowest BCUT2D eigenvalue weighted by atomic mass is 10.1. The highest BCUT2D eigenvalue weighted by Crippen LogP contribution is 2.18. The predicted molar refractivity (Wildman–Crippen MR) is 43.7 cm³/mol. The summed E-state index contributed by atoms with van der Waals surface area (Å²) in [6, 6.07) is 0. The van der Waals surface area contributed by atoms with Gasteiger partial charge in [0, 0.05) is 0 Å². The van der Waals surface area contributed by atoms with Crippen molar-refractivity contribution < 1.29 is 32.7 Å². The van der Waals surface area contributed by atoms with Gasteiger partial charge in [0.25, 0.3) is 10.1 Å². The maximum atomic E-state index is 10.7. The van der Waals surface area contributed by atoms with E-state index in [2.05, 4.69) is 8.92 Å². The third kappa shape index (κ3) is 2.87. The van der Waals surface area contributed by atoms with Crippen LogP contribution in [0.3, 0.4) is 0 Å². The van der Waals surface area contributed by atoms with Crippen molar-refractivity contribution in [1.82, 2.24) is 0 Å². The van der Waals surface area contributed by atoms with Crippen molar-refractivity contribution >= 4 is 10.1 Å². The van der Waals surface area contributed by atoms with Gasteiger partial charge in [-0.1, -0.05) is 0 Å². The molecule has 84 valence electrons. The maximum absolute atomic E-state index is 10.7. The van der Waals surface area contributed by atoms with Crippen LogP contribution in [0.25, 0.3) is 0 Å². The topological polar surface area (TPSA) is 113 Å². The normalized spacial score (nSPS) is 39.7. The van der Waals surface area contributed by atoms with Crippen LogP contribution in [0.4, 0.5) is 0 Å². The van der Waals surface area contributed by atoms with E-state index in [0.717, 1.165) is 6.26 Å². The Kier molecular flexibility index (Phi) is 3.45. The first-order chi connectivity index (χ1) is 6.31. The van der Waals surface area contributed by atoms with Gasteiger partial charge in [0.15, 0.2) is 12.4 Å². The molecule has 0 aromatic carbocycles. The molecule has 0 amide bonds. The lowest BCUT2D eigenvalue weighted by molar-refractivity contribution is -0.243. The first-order valence-corrected chi connectivity index (χ1v) is 5.67. The minimum Gasteiger partial charge on any atom is -0.388 e. The fraction of sp³-hybridized carbons (Fsp3) is 1.00. The predicted octanol–water partition coefficient (Wildman–Crippen LogP) is -2.60. The highest BCUT2D eigenvalue weighted by Gasteiger charge is 2.40. The van der Waals surface area contributed by atoms with Crippen molar-refractivity contribution in [2.24, 2.45) is 0 Å². The van der Waals surface area contributed by atoms with Crippen molar-refractivity contribution in [3.63, 3.8) is 0 Å². The van der Waals surface area contributed by atoms with E-state index in [1.807, 2.05) is 0 Å². The van der Waals surface area contributed by atoms with Gasteiger partial charge >= 0.3 is 0 Å². The molecule has 0 radical (unpaired) electrons. The van der Waals surface area contributed by atoms with E-state index in [9.17, 15) is 13.5 Å². The third-order valence-corrected chi connectivity index (χ3v) is 2.31. The van der Waals surface area contributed by atoms with E-state index < -0.39 is 34.7 Å². The van der Waals surface area contributed by atoms with Crippen molar-refractivity contribution in [3.8, 4) is 0 Å². The molecule has 3 N–H and O–H groups in total. The highest BCUT2D eigenvalue weighted by molar-refractivity contribution is 7.86. The number of rotatable bonds is 2. The quantitative estimate of drug-likeness (QED) is 0.444. The van der Waals surface area contributed by atoms with Gasteiger partial charge in [0.05, 0.1) is 12.9 Å². The van der Waals surface area contributed by atoms with Crippen molar-refractivity contribution in [2.45, 2.75) is 24.6 Å². The summed E-state index contributed by atoms with van der Waals surface area (Å²) < 4.78 is 30.4. The van der Waals surface area contributed by atoms with E-state index in [1.54, 1.807) is 0 Å². The van der Waals surface area contributed by atoms with Gasteiger partial charge in [-0.2, -0.15) is 8.42 Å². The molecular weight excluding hydrogens is 216 g/mol. The Morgan fingerprint density at radius 3 is 2.43 bits per heavy atom. The van der Waals surface area contributed by atoms with E-state index in [1.165, 1.54) is 0 Å². The Morgan fingerprint density at radius 2 is 1.93 bits per heavy atom. The monoisotopic (exact) mass is 228 g/mol. The minimum absolute atomic E-state index is 0.272. The zero-order valence-electron chi connectivity index (χ0n) is 7.40. The number of aliphatic hydroxyl groups excluding tert-OH is 3. The summed E-state index contributed by atoms with van der Waals surface area (Å²) in [7, 11) is -3.82. The number of ether oxygens (including phenoxy) is 1. The molecule has 1 saturated heterocycles. The van der Waals surface area contributed by atoms with E-state index in [0.29, 0.717) is 0 Å². The highest BCUT2D eigenvalue weighted by atomic mass is 32.2. The smallest absolute Gasteiger partial charge is 0.264 e. The van der Waals surface area contributed by atoms with Gasteiger partial charge in [0.1, 0.15) is 12.2 Å². The van der Waals surface area contributed by atoms with Gasteiger partial charge in [-0.3, -0.25) is 4.18 Å². The summed E-state index contributed by atoms with van der Waals surface area (Å²) in [4.78, 5) is 0. The molecule has 0 aliphatic carbocycles. The molecule has 0 aromatic rings. The first-order valence-electron chi connectivity index (χ1n) is 3.85. The lowest BCUT2D eigenvalue weighted by Gasteiger charge is -2.34. The van der Waals surface area contributed by atoms with Crippen molar-refractivity contribution in [1.29, 1.82) is 0 Å². The van der Waals surface area contributed by atoms with Crippen LogP contribution in [-0.2, 0) is 19.0 Å². The van der Waals surface area contributed by atoms with Gasteiger partial charge in [-0.15, -0.1) is 0 Å². The standard InChI is InChI=1S/C6H12O7S/c1-14(10,11)13-5-4(8)3(7)2-12-6(5)9/h3-9H,2H2,1H3/t3-,4-,5-,6-/m0/s1. The number of hydrogen-bond acceptors (Lipinski definition) is 7. The van der Waals surface area contributed by atoms with Crippen LogP contribution < -0.4 is 0 Å². The van der Waals surface area contributed by atoms with Crippen LogP contribution in [0.1, 0.15) is 0 Å². The number of aliphatic hydroxyl groups is 3. The summed E-state index contributed by atoms with van der Waals surface area (Å²) in [6.07, 6.45) is -5.05. The minimum atomic E-state index is -3.82. The van der Waals surface area contributed by atoms with Crippen LogP contribution in [-0.4, -0.2) is 61.2 Å². The zero-order chi connectivity index (χ0) is 10.9. The number of hydrogen-bond donors (Lipinski definition) is 3. The lowest BCUT2D eigenvalue weighted by Crippen LogP contribution is -2.54. The largest absolute Gasteiger partial charge is 0.388 e. The molecule has 1 fully saturated rings. The Bertz CT molecular complexity index is 287. The Labute approximate surface area is 81.0 Å². The maximum Gasteiger partial charge on any atom is 0.264 e. The van der Waals surface area contributed by atoms with Crippen LogP contribution in [0.2, 0.25) is 0 Å². The summed E-state index contributed by atoms with van der Waals surface area (Å²) >= 11 is 0. The second-order valence-corrected chi connectivity index (χ2v) is 4.65. The Hall–Kier alpha value is -0.250. The molecule has 0 aromatic heterocycles. The fourth-order valence-corrected chi connectivity index (χ4v) is 1.70. The fourth-order valence-electron chi connectivity index (χ4n) is 1.08. The Morgan fingerprint density at radius 1 is 1.36 bits per heavy atom. The van der Waals surface area contributed by atoms with E-state index in [4.69, 9.17) is 10.2 Å². The van der Waals surface area contributed by atoms with E-state index >= 15 is 0 Å². The molecule has 1 aliphatic heterocycles. The van der Waals surface area contributed by atoms with Crippen LogP contribution >= 0.6 is 0 Å². The molecule has 14 heavy (non-hydrogen) atoms.